The Morgan fingerprint density at radius 2 is 1.91 bits per heavy atom. The molecule has 1 saturated carbocycles. The van der Waals surface area contributed by atoms with Crippen LogP contribution < -0.4 is 0 Å². The van der Waals surface area contributed by atoms with Crippen molar-refractivity contribution in [1.29, 1.82) is 5.26 Å². The third-order valence-electron chi connectivity index (χ3n) is 5.00. The van der Waals surface area contributed by atoms with Gasteiger partial charge in [-0.1, -0.05) is 31.4 Å². The van der Waals surface area contributed by atoms with E-state index in [-0.39, 0.29) is 5.56 Å². The quantitative estimate of drug-likeness (QED) is 0.533. The number of rotatable bonds is 7. The van der Waals surface area contributed by atoms with Crippen molar-refractivity contribution in [2.45, 2.75) is 63.7 Å². The van der Waals surface area contributed by atoms with Crippen LogP contribution in [0.5, 0.6) is 0 Å². The molecular weight excluding hydrogens is 292 g/mol. The second kappa shape index (κ2) is 9.45. The average molecular weight is 317 g/mol. The van der Waals surface area contributed by atoms with Crippen LogP contribution in [0.25, 0.3) is 0 Å². The first-order valence-electron chi connectivity index (χ1n) is 8.69. The molecule has 1 aromatic rings. The molecule has 0 saturated heterocycles. The van der Waals surface area contributed by atoms with Gasteiger partial charge < -0.3 is 0 Å². The zero-order valence-electron chi connectivity index (χ0n) is 13.6. The molecule has 124 valence electrons. The summed E-state index contributed by atoms with van der Waals surface area (Å²) in [4.78, 5) is 0. The largest absolute Gasteiger partial charge is 0.216 e. The minimum atomic E-state index is -0.394. The van der Waals surface area contributed by atoms with E-state index in [1.807, 2.05) is 12.1 Å². The Bertz CT molecular complexity index is 551. The number of nitriles is 1. The number of allylic oxidation sites excluding steroid dienone is 1. The third kappa shape index (κ3) is 5.46. The van der Waals surface area contributed by atoms with Gasteiger partial charge in [-0.05, 0) is 68.1 Å². The average Bonchev–Trinajstić information content (AvgIpc) is 2.58. The summed E-state index contributed by atoms with van der Waals surface area (Å²) in [6.45, 7) is 0. The number of unbranched alkanes of at least 4 members (excludes halogenated alkanes) is 3. The number of halogens is 2. The van der Waals surface area contributed by atoms with E-state index < -0.39 is 5.82 Å². The molecule has 0 unspecified atom stereocenters. The van der Waals surface area contributed by atoms with Crippen LogP contribution in [0.3, 0.4) is 0 Å². The summed E-state index contributed by atoms with van der Waals surface area (Å²) in [5.74, 6) is 0.823. The molecule has 0 N–H and O–H groups in total. The van der Waals surface area contributed by atoms with Crippen molar-refractivity contribution in [3.8, 4) is 6.07 Å². The molecule has 0 aromatic heterocycles. The van der Waals surface area contributed by atoms with Gasteiger partial charge in [0.05, 0.1) is 11.9 Å². The van der Waals surface area contributed by atoms with Crippen molar-refractivity contribution in [3.63, 3.8) is 0 Å². The van der Waals surface area contributed by atoms with Crippen LogP contribution in [0.4, 0.5) is 8.78 Å². The number of hydrogen-bond donors (Lipinski definition) is 0. The zero-order chi connectivity index (χ0) is 16.5. The lowest BCUT2D eigenvalue weighted by Gasteiger charge is -2.29. The fraction of sp³-hybridized carbons (Fsp3) is 0.550. The second-order valence-electron chi connectivity index (χ2n) is 6.57. The fourth-order valence-corrected chi connectivity index (χ4v) is 3.60. The van der Waals surface area contributed by atoms with Gasteiger partial charge >= 0.3 is 0 Å². The van der Waals surface area contributed by atoms with Crippen molar-refractivity contribution < 1.29 is 8.78 Å². The molecule has 2 rings (SSSR count). The summed E-state index contributed by atoms with van der Waals surface area (Å²) in [6.07, 6.45) is 12.4. The zero-order valence-corrected chi connectivity index (χ0v) is 13.6. The van der Waals surface area contributed by atoms with Crippen molar-refractivity contribution in [3.05, 3.63) is 47.5 Å². The summed E-state index contributed by atoms with van der Waals surface area (Å²) >= 11 is 0. The number of hydrogen-bond acceptors (Lipinski definition) is 1. The van der Waals surface area contributed by atoms with Crippen LogP contribution in [-0.4, -0.2) is 0 Å². The Kier molecular flexibility index (Phi) is 7.26. The summed E-state index contributed by atoms with van der Waals surface area (Å²) in [7, 11) is 0. The lowest BCUT2D eigenvalue weighted by molar-refractivity contribution is 0.302. The van der Waals surface area contributed by atoms with E-state index in [0.29, 0.717) is 12.2 Å². The monoisotopic (exact) mass is 317 g/mol. The molecule has 3 heteroatoms. The SMILES string of the molecule is N#Cc1ccc(C2CCC(CCCCC/C=C/F)CC2)cc1F. The molecule has 0 aliphatic heterocycles. The first-order valence-corrected chi connectivity index (χ1v) is 8.69. The maximum atomic E-state index is 13.7. The van der Waals surface area contributed by atoms with E-state index >= 15 is 0 Å². The van der Waals surface area contributed by atoms with E-state index in [9.17, 15) is 8.78 Å². The molecule has 1 nitrogen and oxygen atoms in total. The van der Waals surface area contributed by atoms with Crippen molar-refractivity contribution in [1.82, 2.24) is 0 Å². The second-order valence-corrected chi connectivity index (χ2v) is 6.57. The molecule has 0 bridgehead atoms. The van der Waals surface area contributed by atoms with Crippen molar-refractivity contribution >= 4 is 0 Å². The minimum absolute atomic E-state index is 0.130. The predicted octanol–water partition coefficient (Wildman–Crippen LogP) is 6.40. The first-order chi connectivity index (χ1) is 11.2. The highest BCUT2D eigenvalue weighted by Gasteiger charge is 2.22. The molecular formula is C20H25F2N. The summed E-state index contributed by atoms with van der Waals surface area (Å²) in [5.41, 5.74) is 1.17. The minimum Gasteiger partial charge on any atom is -0.216 e. The van der Waals surface area contributed by atoms with Gasteiger partial charge in [-0.2, -0.15) is 5.26 Å². The van der Waals surface area contributed by atoms with Crippen molar-refractivity contribution in [2.24, 2.45) is 5.92 Å². The van der Waals surface area contributed by atoms with Gasteiger partial charge in [0, 0.05) is 0 Å². The highest BCUT2D eigenvalue weighted by Crippen LogP contribution is 2.38. The molecule has 0 heterocycles. The molecule has 23 heavy (non-hydrogen) atoms. The lowest BCUT2D eigenvalue weighted by Crippen LogP contribution is -2.13. The Labute approximate surface area is 138 Å². The van der Waals surface area contributed by atoms with E-state index in [4.69, 9.17) is 5.26 Å². The van der Waals surface area contributed by atoms with Gasteiger partial charge in [-0.15, -0.1) is 0 Å². The van der Waals surface area contributed by atoms with Gasteiger partial charge in [0.25, 0.3) is 0 Å². The van der Waals surface area contributed by atoms with Crippen LogP contribution in [0.15, 0.2) is 30.6 Å². The Morgan fingerprint density at radius 3 is 2.57 bits per heavy atom. The van der Waals surface area contributed by atoms with Crippen molar-refractivity contribution in [2.75, 3.05) is 0 Å². The number of benzene rings is 1. The Balaban J connectivity index is 1.71. The molecule has 1 fully saturated rings. The molecule has 1 aliphatic carbocycles. The van der Waals surface area contributed by atoms with Crippen LogP contribution in [0, 0.1) is 23.1 Å². The van der Waals surface area contributed by atoms with Crippen LogP contribution in [0.2, 0.25) is 0 Å². The lowest BCUT2D eigenvalue weighted by atomic mass is 9.77. The smallest absolute Gasteiger partial charge is 0.141 e. The summed E-state index contributed by atoms with van der Waals surface area (Å²) in [5, 5.41) is 8.79. The normalized spacial score (nSPS) is 21.4. The highest BCUT2D eigenvalue weighted by atomic mass is 19.1. The maximum Gasteiger partial charge on any atom is 0.141 e. The standard InChI is InChI=1S/C20H25F2N/c21-13-5-3-1-2-4-6-16-7-9-17(10-8-16)18-11-12-19(15-23)20(22)14-18/h5,11-14,16-17H,1-4,6-10H2/b13-5+. The maximum absolute atomic E-state index is 13.7. The van der Waals surface area contributed by atoms with Gasteiger partial charge in [0.1, 0.15) is 11.9 Å². The summed E-state index contributed by atoms with van der Waals surface area (Å²) in [6, 6.07) is 6.92. The molecule has 0 amide bonds. The van der Waals surface area contributed by atoms with Gasteiger partial charge in [-0.3, -0.25) is 0 Å². The predicted molar refractivity (Wildman–Crippen MR) is 89.1 cm³/mol. The fourth-order valence-electron chi connectivity index (χ4n) is 3.60. The summed E-state index contributed by atoms with van der Waals surface area (Å²) < 4.78 is 25.5. The van der Waals surface area contributed by atoms with Gasteiger partial charge in [0.15, 0.2) is 0 Å². The topological polar surface area (TPSA) is 23.8 Å². The van der Waals surface area contributed by atoms with Gasteiger partial charge in [0.2, 0.25) is 0 Å². The molecule has 0 radical (unpaired) electrons. The van der Waals surface area contributed by atoms with Crippen LogP contribution in [0.1, 0.15) is 74.8 Å². The van der Waals surface area contributed by atoms with E-state index in [1.165, 1.54) is 32.1 Å². The Morgan fingerprint density at radius 1 is 1.13 bits per heavy atom. The third-order valence-corrected chi connectivity index (χ3v) is 5.00. The number of nitrogens with zero attached hydrogens (tertiary/aromatic N) is 1. The van der Waals surface area contributed by atoms with E-state index in [1.54, 1.807) is 18.2 Å². The molecule has 1 aliphatic rings. The van der Waals surface area contributed by atoms with Crippen LogP contribution in [-0.2, 0) is 0 Å². The molecule has 0 atom stereocenters. The van der Waals surface area contributed by atoms with Gasteiger partial charge in [-0.25, -0.2) is 8.78 Å². The Hall–Kier alpha value is -1.69. The molecule has 0 spiro atoms. The van der Waals surface area contributed by atoms with E-state index in [0.717, 1.165) is 37.2 Å². The van der Waals surface area contributed by atoms with Crippen LogP contribution >= 0.6 is 0 Å². The van der Waals surface area contributed by atoms with E-state index in [2.05, 4.69) is 0 Å². The highest BCUT2D eigenvalue weighted by molar-refractivity contribution is 5.34. The first kappa shape index (κ1) is 17.7. The molecule has 1 aromatic carbocycles.